The molecule has 3 rings (SSSR count). The van der Waals surface area contributed by atoms with Gasteiger partial charge in [-0.05, 0) is 31.2 Å². The average molecular weight is 386 g/mol. The molecule has 0 aliphatic carbocycles. The largest absolute Gasteiger partial charge is 0.451 e. The van der Waals surface area contributed by atoms with E-state index < -0.39 is 15.9 Å². The average Bonchev–Trinajstić information content (AvgIpc) is 3.00. The Labute approximate surface area is 158 Å². The van der Waals surface area contributed by atoms with E-state index in [0.717, 1.165) is 10.9 Å². The van der Waals surface area contributed by atoms with Crippen LogP contribution < -0.4 is 5.32 Å². The number of furan rings is 1. The van der Waals surface area contributed by atoms with Crippen LogP contribution in [0.3, 0.4) is 0 Å². The molecule has 0 spiro atoms. The van der Waals surface area contributed by atoms with E-state index in [1.54, 1.807) is 32.0 Å². The maximum atomic E-state index is 12.7. The summed E-state index contributed by atoms with van der Waals surface area (Å²) in [7, 11) is -3.59. The van der Waals surface area contributed by atoms with Crippen molar-refractivity contribution in [2.45, 2.75) is 25.7 Å². The fourth-order valence-corrected chi connectivity index (χ4v) is 4.53. The van der Waals surface area contributed by atoms with Gasteiger partial charge in [0.1, 0.15) is 5.58 Å². The number of para-hydroxylation sites is 1. The third kappa shape index (κ3) is 3.61. The fourth-order valence-electron chi connectivity index (χ4n) is 3.03. The molecule has 0 unspecified atom stereocenters. The summed E-state index contributed by atoms with van der Waals surface area (Å²) in [5.74, 6) is -0.200. The molecule has 0 atom stereocenters. The molecule has 0 aliphatic rings. The fraction of sp³-hybridized carbons (Fsp3) is 0.250. The van der Waals surface area contributed by atoms with Gasteiger partial charge in [-0.15, -0.1) is 0 Å². The zero-order valence-electron chi connectivity index (χ0n) is 15.5. The second-order valence-electron chi connectivity index (χ2n) is 6.12. The van der Waals surface area contributed by atoms with Gasteiger partial charge < -0.3 is 9.73 Å². The van der Waals surface area contributed by atoms with Crippen LogP contribution in [0.5, 0.6) is 0 Å². The van der Waals surface area contributed by atoms with Crippen molar-refractivity contribution in [1.82, 2.24) is 4.31 Å². The van der Waals surface area contributed by atoms with Crippen molar-refractivity contribution < 1.29 is 17.6 Å². The highest BCUT2D eigenvalue weighted by atomic mass is 32.2. The molecule has 1 aromatic heterocycles. The van der Waals surface area contributed by atoms with Crippen LogP contribution in [0.25, 0.3) is 11.0 Å². The number of hydrogen-bond acceptors (Lipinski definition) is 4. The number of sulfonamides is 1. The molecule has 27 heavy (non-hydrogen) atoms. The molecule has 6 nitrogen and oxygen atoms in total. The summed E-state index contributed by atoms with van der Waals surface area (Å²) in [5, 5.41) is 3.61. The van der Waals surface area contributed by atoms with Crippen LogP contribution in [0.2, 0.25) is 0 Å². The minimum atomic E-state index is -3.59. The number of nitrogens with one attached hydrogen (secondary N) is 1. The monoisotopic (exact) mass is 386 g/mol. The van der Waals surface area contributed by atoms with Gasteiger partial charge >= 0.3 is 0 Å². The van der Waals surface area contributed by atoms with E-state index in [1.807, 2.05) is 25.1 Å². The van der Waals surface area contributed by atoms with Crippen LogP contribution in [-0.2, 0) is 10.0 Å². The van der Waals surface area contributed by atoms with Gasteiger partial charge in [0.15, 0.2) is 5.76 Å². The Morgan fingerprint density at radius 3 is 2.44 bits per heavy atom. The summed E-state index contributed by atoms with van der Waals surface area (Å²) < 4.78 is 32.4. The second-order valence-corrected chi connectivity index (χ2v) is 8.06. The van der Waals surface area contributed by atoms with E-state index >= 15 is 0 Å². The van der Waals surface area contributed by atoms with Crippen LogP contribution in [0, 0.1) is 6.92 Å². The van der Waals surface area contributed by atoms with Gasteiger partial charge in [0.2, 0.25) is 10.0 Å². The SMILES string of the molecule is CCN(CC)S(=O)(=O)c1cccc(NC(=O)c2oc3ccccc3c2C)c1. The Balaban J connectivity index is 1.90. The van der Waals surface area contributed by atoms with E-state index in [2.05, 4.69) is 5.32 Å². The van der Waals surface area contributed by atoms with Gasteiger partial charge in [0.05, 0.1) is 4.90 Å². The Bertz CT molecular complexity index is 1080. The predicted molar refractivity (Wildman–Crippen MR) is 105 cm³/mol. The van der Waals surface area contributed by atoms with Crippen molar-refractivity contribution in [1.29, 1.82) is 0 Å². The minimum Gasteiger partial charge on any atom is -0.451 e. The minimum absolute atomic E-state index is 0.144. The molecule has 7 heteroatoms. The van der Waals surface area contributed by atoms with Gasteiger partial charge in [-0.1, -0.05) is 38.1 Å². The third-order valence-corrected chi connectivity index (χ3v) is 6.53. The number of amides is 1. The van der Waals surface area contributed by atoms with Crippen molar-refractivity contribution in [3.63, 3.8) is 0 Å². The second kappa shape index (κ2) is 7.54. The van der Waals surface area contributed by atoms with Crippen LogP contribution in [0.1, 0.15) is 30.0 Å². The number of hydrogen-bond donors (Lipinski definition) is 1. The Kier molecular flexibility index (Phi) is 5.34. The number of aryl methyl sites for hydroxylation is 1. The van der Waals surface area contributed by atoms with Crippen LogP contribution in [0.4, 0.5) is 5.69 Å². The number of anilines is 1. The number of carbonyl (C=O) groups is 1. The third-order valence-electron chi connectivity index (χ3n) is 4.49. The molecule has 0 saturated heterocycles. The number of rotatable bonds is 6. The van der Waals surface area contributed by atoms with Gasteiger partial charge in [-0.3, -0.25) is 4.79 Å². The highest BCUT2D eigenvalue weighted by Crippen LogP contribution is 2.26. The highest BCUT2D eigenvalue weighted by molar-refractivity contribution is 7.89. The van der Waals surface area contributed by atoms with E-state index in [0.29, 0.717) is 24.4 Å². The van der Waals surface area contributed by atoms with Crippen LogP contribution in [-0.4, -0.2) is 31.7 Å². The first-order chi connectivity index (χ1) is 12.9. The lowest BCUT2D eigenvalue weighted by atomic mass is 10.1. The van der Waals surface area contributed by atoms with E-state index in [9.17, 15) is 13.2 Å². The molecule has 0 radical (unpaired) electrons. The van der Waals surface area contributed by atoms with Crippen molar-refractivity contribution in [3.05, 3.63) is 59.9 Å². The van der Waals surface area contributed by atoms with Crippen molar-refractivity contribution >= 4 is 32.6 Å². The first-order valence-corrected chi connectivity index (χ1v) is 10.2. The predicted octanol–water partition coefficient (Wildman–Crippen LogP) is 4.02. The van der Waals surface area contributed by atoms with Crippen molar-refractivity contribution in [3.8, 4) is 0 Å². The highest BCUT2D eigenvalue weighted by Gasteiger charge is 2.22. The number of carbonyl (C=O) groups excluding carboxylic acids is 1. The smallest absolute Gasteiger partial charge is 0.291 e. The van der Waals surface area contributed by atoms with E-state index in [1.165, 1.54) is 16.4 Å². The first-order valence-electron chi connectivity index (χ1n) is 8.78. The molecule has 1 heterocycles. The molecule has 0 fully saturated rings. The van der Waals surface area contributed by atoms with Crippen molar-refractivity contribution in [2.24, 2.45) is 0 Å². The lowest BCUT2D eigenvalue weighted by Crippen LogP contribution is -2.30. The lowest BCUT2D eigenvalue weighted by molar-refractivity contribution is 0.0998. The number of nitrogens with zero attached hydrogens (tertiary/aromatic N) is 1. The molecule has 3 aromatic rings. The number of benzene rings is 2. The molecule has 142 valence electrons. The quantitative estimate of drug-likeness (QED) is 0.694. The molecule has 0 bridgehead atoms. The van der Waals surface area contributed by atoms with Gasteiger partial charge in [-0.25, -0.2) is 8.42 Å². The molecule has 0 aliphatic heterocycles. The standard InChI is InChI=1S/C20H22N2O4S/c1-4-22(5-2)27(24,25)16-10-8-9-15(13-16)21-20(23)19-14(3)17-11-6-7-12-18(17)26-19/h6-13H,4-5H2,1-3H3,(H,21,23). The van der Waals surface area contributed by atoms with E-state index in [4.69, 9.17) is 4.42 Å². The maximum absolute atomic E-state index is 12.7. The molecule has 1 N–H and O–H groups in total. The Hall–Kier alpha value is -2.64. The van der Waals surface area contributed by atoms with Crippen LogP contribution >= 0.6 is 0 Å². The van der Waals surface area contributed by atoms with Gasteiger partial charge in [0.25, 0.3) is 5.91 Å². The molecule has 0 saturated carbocycles. The summed E-state index contributed by atoms with van der Waals surface area (Å²) >= 11 is 0. The van der Waals surface area contributed by atoms with E-state index in [-0.39, 0.29) is 10.7 Å². The zero-order chi connectivity index (χ0) is 19.6. The molecule has 1 amide bonds. The lowest BCUT2D eigenvalue weighted by Gasteiger charge is -2.18. The number of fused-ring (bicyclic) bond motifs is 1. The molecule has 2 aromatic carbocycles. The molecular formula is C20H22N2O4S. The summed E-state index contributed by atoms with van der Waals surface area (Å²) in [6.07, 6.45) is 0. The summed E-state index contributed by atoms with van der Waals surface area (Å²) in [6.45, 7) is 6.16. The Morgan fingerprint density at radius 1 is 1.07 bits per heavy atom. The summed E-state index contributed by atoms with van der Waals surface area (Å²) in [5.41, 5.74) is 1.78. The Morgan fingerprint density at radius 2 is 1.78 bits per heavy atom. The van der Waals surface area contributed by atoms with Crippen LogP contribution in [0.15, 0.2) is 57.8 Å². The summed E-state index contributed by atoms with van der Waals surface area (Å²) in [6, 6.07) is 13.7. The van der Waals surface area contributed by atoms with Gasteiger partial charge in [-0.2, -0.15) is 4.31 Å². The first kappa shape index (κ1) is 19.1. The molecular weight excluding hydrogens is 364 g/mol. The van der Waals surface area contributed by atoms with Crippen molar-refractivity contribution in [2.75, 3.05) is 18.4 Å². The zero-order valence-corrected chi connectivity index (χ0v) is 16.3. The maximum Gasteiger partial charge on any atom is 0.291 e. The topological polar surface area (TPSA) is 79.6 Å². The summed E-state index contributed by atoms with van der Waals surface area (Å²) in [4.78, 5) is 12.8. The van der Waals surface area contributed by atoms with Gasteiger partial charge in [0, 0.05) is 29.7 Å². The normalized spacial score (nSPS) is 11.9.